The molecule has 1 fully saturated rings. The summed E-state index contributed by atoms with van der Waals surface area (Å²) in [6.45, 7) is 1.58. The number of rotatable bonds is 5. The number of benzene rings is 1. The average molecular weight is 328 g/mol. The second-order valence-electron chi connectivity index (χ2n) is 5.00. The Bertz CT molecular complexity index is 639. The van der Waals surface area contributed by atoms with Crippen LogP contribution in [-0.2, 0) is 14.8 Å². The van der Waals surface area contributed by atoms with Crippen LogP contribution in [-0.4, -0.2) is 47.7 Å². The van der Waals surface area contributed by atoms with Crippen molar-refractivity contribution < 1.29 is 22.7 Å². The summed E-state index contributed by atoms with van der Waals surface area (Å²) in [6, 6.07) is 4.01. The van der Waals surface area contributed by atoms with Gasteiger partial charge in [-0.3, -0.25) is 0 Å². The molecule has 1 aromatic carbocycles. The van der Waals surface area contributed by atoms with Gasteiger partial charge >= 0.3 is 5.97 Å². The second-order valence-corrected chi connectivity index (χ2v) is 6.71. The van der Waals surface area contributed by atoms with Crippen LogP contribution in [0.3, 0.4) is 0 Å². The van der Waals surface area contributed by atoms with E-state index < -0.39 is 16.0 Å². The number of nitrogens with one attached hydrogen (secondary N) is 2. The highest BCUT2D eigenvalue weighted by molar-refractivity contribution is 7.89. The van der Waals surface area contributed by atoms with Gasteiger partial charge in [0.05, 0.1) is 19.1 Å². The molecule has 0 aromatic heterocycles. The van der Waals surface area contributed by atoms with Crippen molar-refractivity contribution >= 4 is 16.0 Å². The van der Waals surface area contributed by atoms with Gasteiger partial charge in [0.25, 0.3) is 0 Å². The van der Waals surface area contributed by atoms with E-state index in [-0.39, 0.29) is 22.3 Å². The third kappa shape index (κ3) is 3.76. The number of esters is 1. The Labute approximate surface area is 130 Å². The molecule has 0 aliphatic carbocycles. The van der Waals surface area contributed by atoms with Crippen molar-refractivity contribution in [2.75, 3.05) is 27.3 Å². The Kier molecular flexibility index (Phi) is 5.38. The number of carbonyl (C=O) groups excluding carboxylic acids is 1. The monoisotopic (exact) mass is 328 g/mol. The minimum Gasteiger partial charge on any atom is -0.496 e. The molecule has 0 radical (unpaired) electrons. The van der Waals surface area contributed by atoms with Crippen LogP contribution < -0.4 is 14.8 Å². The summed E-state index contributed by atoms with van der Waals surface area (Å²) in [7, 11) is -1.02. The van der Waals surface area contributed by atoms with Crippen molar-refractivity contribution in [2.24, 2.45) is 0 Å². The van der Waals surface area contributed by atoms with Gasteiger partial charge in [-0.05, 0) is 38.1 Å². The quantitative estimate of drug-likeness (QED) is 0.765. The SMILES string of the molecule is COC(=O)c1ccc(S(=O)(=O)NC2CCNCC2)cc1OC. The van der Waals surface area contributed by atoms with E-state index in [0.29, 0.717) is 0 Å². The summed E-state index contributed by atoms with van der Waals surface area (Å²) in [4.78, 5) is 11.7. The number of piperidine rings is 1. The van der Waals surface area contributed by atoms with Gasteiger partial charge in [-0.15, -0.1) is 0 Å². The van der Waals surface area contributed by atoms with Crippen LogP contribution in [0.2, 0.25) is 0 Å². The molecular weight excluding hydrogens is 308 g/mol. The van der Waals surface area contributed by atoms with E-state index in [4.69, 9.17) is 4.74 Å². The molecule has 2 N–H and O–H groups in total. The molecule has 0 spiro atoms. The van der Waals surface area contributed by atoms with Crippen LogP contribution >= 0.6 is 0 Å². The average Bonchev–Trinajstić information content (AvgIpc) is 2.54. The van der Waals surface area contributed by atoms with E-state index in [1.807, 2.05) is 0 Å². The van der Waals surface area contributed by atoms with Crippen molar-refractivity contribution in [3.63, 3.8) is 0 Å². The summed E-state index contributed by atoms with van der Waals surface area (Å²) < 4.78 is 37.2. The fourth-order valence-corrected chi connectivity index (χ4v) is 3.66. The van der Waals surface area contributed by atoms with E-state index in [9.17, 15) is 13.2 Å². The molecule has 1 saturated heterocycles. The van der Waals surface area contributed by atoms with Crippen LogP contribution in [0.15, 0.2) is 23.1 Å². The third-order valence-electron chi connectivity index (χ3n) is 3.55. The molecule has 0 bridgehead atoms. The predicted octanol–water partition coefficient (Wildman–Crippen LogP) is 0.512. The Morgan fingerprint density at radius 3 is 2.55 bits per heavy atom. The Morgan fingerprint density at radius 2 is 1.95 bits per heavy atom. The topological polar surface area (TPSA) is 93.7 Å². The molecule has 1 aromatic rings. The molecule has 1 aliphatic rings. The minimum atomic E-state index is -3.65. The van der Waals surface area contributed by atoms with Crippen molar-refractivity contribution in [3.8, 4) is 5.75 Å². The summed E-state index contributed by atoms with van der Waals surface area (Å²) in [5.41, 5.74) is 0.186. The van der Waals surface area contributed by atoms with E-state index in [1.165, 1.54) is 32.4 Å². The number of ether oxygens (including phenoxy) is 2. The first-order valence-corrected chi connectivity index (χ1v) is 8.45. The predicted molar refractivity (Wildman–Crippen MR) is 80.5 cm³/mol. The van der Waals surface area contributed by atoms with Gasteiger partial charge in [0.1, 0.15) is 11.3 Å². The molecule has 22 heavy (non-hydrogen) atoms. The van der Waals surface area contributed by atoms with Gasteiger partial charge in [-0.2, -0.15) is 0 Å². The van der Waals surface area contributed by atoms with Gasteiger partial charge in [0.15, 0.2) is 0 Å². The van der Waals surface area contributed by atoms with Crippen LogP contribution in [0.1, 0.15) is 23.2 Å². The standard InChI is InChI=1S/C14H20N2O5S/c1-20-13-9-11(3-4-12(13)14(17)21-2)22(18,19)16-10-5-7-15-8-6-10/h3-4,9-10,15-16H,5-8H2,1-2H3. The molecule has 0 atom stereocenters. The lowest BCUT2D eigenvalue weighted by Crippen LogP contribution is -2.42. The highest BCUT2D eigenvalue weighted by Crippen LogP contribution is 2.24. The van der Waals surface area contributed by atoms with Crippen molar-refractivity contribution in [3.05, 3.63) is 23.8 Å². The van der Waals surface area contributed by atoms with Crippen molar-refractivity contribution in [1.82, 2.24) is 10.0 Å². The number of hydrogen-bond donors (Lipinski definition) is 2. The van der Waals surface area contributed by atoms with Gasteiger partial charge in [0.2, 0.25) is 10.0 Å². The molecule has 8 heteroatoms. The molecule has 0 saturated carbocycles. The number of sulfonamides is 1. The normalized spacial score (nSPS) is 16.3. The lowest BCUT2D eigenvalue weighted by molar-refractivity contribution is 0.0597. The number of methoxy groups -OCH3 is 2. The van der Waals surface area contributed by atoms with Crippen LogP contribution in [0.5, 0.6) is 5.75 Å². The smallest absolute Gasteiger partial charge is 0.341 e. The summed E-state index contributed by atoms with van der Waals surface area (Å²) in [5, 5.41) is 3.18. The molecule has 2 rings (SSSR count). The molecule has 1 aliphatic heterocycles. The Hall–Kier alpha value is -1.64. The van der Waals surface area contributed by atoms with Gasteiger partial charge in [0, 0.05) is 12.1 Å². The van der Waals surface area contributed by atoms with Gasteiger partial charge < -0.3 is 14.8 Å². The highest BCUT2D eigenvalue weighted by atomic mass is 32.2. The summed E-state index contributed by atoms with van der Waals surface area (Å²) >= 11 is 0. The van der Waals surface area contributed by atoms with Crippen LogP contribution in [0.4, 0.5) is 0 Å². The Morgan fingerprint density at radius 1 is 1.27 bits per heavy atom. The first-order valence-electron chi connectivity index (χ1n) is 6.97. The maximum Gasteiger partial charge on any atom is 0.341 e. The summed E-state index contributed by atoms with van der Waals surface area (Å²) in [5.74, 6) is -0.410. The zero-order valence-electron chi connectivity index (χ0n) is 12.6. The lowest BCUT2D eigenvalue weighted by Gasteiger charge is -2.23. The number of hydrogen-bond acceptors (Lipinski definition) is 6. The summed E-state index contributed by atoms with van der Waals surface area (Å²) in [6.07, 6.45) is 1.49. The first-order chi connectivity index (χ1) is 10.5. The van der Waals surface area contributed by atoms with Gasteiger partial charge in [-0.1, -0.05) is 0 Å². The zero-order chi connectivity index (χ0) is 16.2. The molecule has 0 amide bonds. The van der Waals surface area contributed by atoms with E-state index in [0.717, 1.165) is 25.9 Å². The van der Waals surface area contributed by atoms with Crippen LogP contribution in [0.25, 0.3) is 0 Å². The lowest BCUT2D eigenvalue weighted by atomic mass is 10.1. The van der Waals surface area contributed by atoms with Crippen molar-refractivity contribution in [1.29, 1.82) is 0 Å². The van der Waals surface area contributed by atoms with Crippen LogP contribution in [0, 0.1) is 0 Å². The highest BCUT2D eigenvalue weighted by Gasteiger charge is 2.23. The minimum absolute atomic E-state index is 0.0653. The van der Waals surface area contributed by atoms with E-state index >= 15 is 0 Å². The molecular formula is C14H20N2O5S. The maximum atomic E-state index is 12.4. The Balaban J connectivity index is 2.25. The molecule has 1 heterocycles. The second kappa shape index (κ2) is 7.08. The molecule has 7 nitrogen and oxygen atoms in total. The fraction of sp³-hybridized carbons (Fsp3) is 0.500. The molecule has 122 valence electrons. The van der Waals surface area contributed by atoms with Crippen molar-refractivity contribution in [2.45, 2.75) is 23.8 Å². The van der Waals surface area contributed by atoms with E-state index in [2.05, 4.69) is 14.8 Å². The fourth-order valence-electron chi connectivity index (χ4n) is 2.34. The number of carbonyl (C=O) groups is 1. The maximum absolute atomic E-state index is 12.4. The third-order valence-corrected chi connectivity index (χ3v) is 5.07. The first kappa shape index (κ1) is 16.7. The largest absolute Gasteiger partial charge is 0.496 e. The van der Waals surface area contributed by atoms with E-state index in [1.54, 1.807) is 0 Å². The van der Waals surface area contributed by atoms with Gasteiger partial charge in [-0.25, -0.2) is 17.9 Å². The zero-order valence-corrected chi connectivity index (χ0v) is 13.4. The molecule has 0 unspecified atom stereocenters.